The van der Waals surface area contributed by atoms with Crippen molar-refractivity contribution >= 4 is 44.9 Å². The molecule has 6 nitrogen and oxygen atoms in total. The van der Waals surface area contributed by atoms with Crippen molar-refractivity contribution in [2.75, 3.05) is 4.72 Å². The number of aromatic carboxylic acids is 1. The Hall–Kier alpha value is -2.34. The fraction of sp³-hybridized carbons (Fsp3) is 0. The van der Waals surface area contributed by atoms with E-state index in [4.69, 9.17) is 33.6 Å². The zero-order valence-electron chi connectivity index (χ0n) is 11.5. The Labute approximate surface area is 146 Å². The van der Waals surface area contributed by atoms with E-state index in [1.54, 1.807) is 6.07 Å². The number of nitrogens with zero attached hydrogens (tertiary/aromatic N) is 1. The third-order valence-corrected chi connectivity index (χ3v) is 5.19. The third kappa shape index (κ3) is 3.59. The first-order chi connectivity index (χ1) is 11.2. The molecule has 10 heteroatoms. The maximum atomic E-state index is 13.3. The molecule has 0 heterocycles. The Morgan fingerprint density at radius 3 is 2.50 bits per heavy atom. The minimum absolute atomic E-state index is 0.0964. The molecule has 0 aliphatic heterocycles. The van der Waals surface area contributed by atoms with Crippen LogP contribution in [0, 0.1) is 17.1 Å². The Bertz CT molecular complexity index is 987. The van der Waals surface area contributed by atoms with Crippen LogP contribution in [0.15, 0.2) is 35.2 Å². The van der Waals surface area contributed by atoms with E-state index >= 15 is 0 Å². The van der Waals surface area contributed by atoms with Gasteiger partial charge in [-0.15, -0.1) is 0 Å². The van der Waals surface area contributed by atoms with E-state index in [1.165, 1.54) is 0 Å². The summed E-state index contributed by atoms with van der Waals surface area (Å²) in [5.41, 5.74) is -0.832. The van der Waals surface area contributed by atoms with Crippen molar-refractivity contribution in [1.29, 1.82) is 5.26 Å². The van der Waals surface area contributed by atoms with Gasteiger partial charge in [0.1, 0.15) is 16.8 Å². The van der Waals surface area contributed by atoms with Crippen molar-refractivity contribution in [1.82, 2.24) is 0 Å². The molecule has 2 rings (SSSR count). The molecule has 2 aromatic carbocycles. The van der Waals surface area contributed by atoms with Gasteiger partial charge in [-0.25, -0.2) is 17.6 Å². The van der Waals surface area contributed by atoms with Gasteiger partial charge < -0.3 is 5.11 Å². The number of benzene rings is 2. The quantitative estimate of drug-likeness (QED) is 0.832. The summed E-state index contributed by atoms with van der Waals surface area (Å²) >= 11 is 11.6. The van der Waals surface area contributed by atoms with Crippen molar-refractivity contribution < 1.29 is 22.7 Å². The molecule has 24 heavy (non-hydrogen) atoms. The van der Waals surface area contributed by atoms with Gasteiger partial charge in [0.05, 0.1) is 26.9 Å². The molecular formula is C14H7Cl2FN2O4S. The van der Waals surface area contributed by atoms with E-state index in [-0.39, 0.29) is 26.9 Å². The summed E-state index contributed by atoms with van der Waals surface area (Å²) in [5, 5.41) is 17.1. The van der Waals surface area contributed by atoms with Crippen LogP contribution in [0.5, 0.6) is 0 Å². The monoisotopic (exact) mass is 388 g/mol. The molecule has 0 fully saturated rings. The number of hydrogen-bond acceptors (Lipinski definition) is 4. The van der Waals surface area contributed by atoms with Crippen LogP contribution in [-0.4, -0.2) is 19.5 Å². The molecule has 0 saturated heterocycles. The minimum Gasteiger partial charge on any atom is -0.478 e. The zero-order valence-corrected chi connectivity index (χ0v) is 13.9. The van der Waals surface area contributed by atoms with Crippen molar-refractivity contribution in [3.05, 3.63) is 57.3 Å². The predicted molar refractivity (Wildman–Crippen MR) is 85.3 cm³/mol. The number of anilines is 1. The number of nitriles is 1. The molecule has 0 saturated carbocycles. The SMILES string of the molecule is N#Cc1cc(NS(=O)(=O)c2cc(C(=O)O)cc(Cl)c2Cl)ccc1F. The van der Waals surface area contributed by atoms with Gasteiger partial charge in [0.25, 0.3) is 10.0 Å². The number of carboxylic acid groups (broad SMARTS) is 1. The maximum Gasteiger partial charge on any atom is 0.335 e. The number of halogens is 3. The molecule has 0 atom stereocenters. The van der Waals surface area contributed by atoms with E-state index in [1.807, 2.05) is 0 Å². The van der Waals surface area contributed by atoms with Gasteiger partial charge in [-0.2, -0.15) is 5.26 Å². The van der Waals surface area contributed by atoms with Crippen LogP contribution < -0.4 is 4.72 Å². The van der Waals surface area contributed by atoms with Gasteiger partial charge in [-0.1, -0.05) is 23.2 Å². The van der Waals surface area contributed by atoms with Gasteiger partial charge in [-0.3, -0.25) is 4.72 Å². The van der Waals surface area contributed by atoms with Gasteiger partial charge in [0, 0.05) is 0 Å². The molecule has 0 aromatic heterocycles. The smallest absolute Gasteiger partial charge is 0.335 e. The molecule has 2 N–H and O–H groups in total. The van der Waals surface area contributed by atoms with Crippen molar-refractivity contribution in [3.63, 3.8) is 0 Å². The van der Waals surface area contributed by atoms with E-state index in [2.05, 4.69) is 4.72 Å². The molecule has 0 aliphatic rings. The topological polar surface area (TPSA) is 107 Å². The number of hydrogen-bond donors (Lipinski definition) is 2. The number of carbonyl (C=O) groups is 1. The zero-order chi connectivity index (χ0) is 18.1. The molecule has 2 aromatic rings. The highest BCUT2D eigenvalue weighted by Gasteiger charge is 2.23. The summed E-state index contributed by atoms with van der Waals surface area (Å²) in [7, 11) is -4.32. The van der Waals surface area contributed by atoms with Gasteiger partial charge in [-0.05, 0) is 30.3 Å². The van der Waals surface area contributed by atoms with Gasteiger partial charge >= 0.3 is 5.97 Å². The molecular weight excluding hydrogens is 382 g/mol. The lowest BCUT2D eigenvalue weighted by Gasteiger charge is -2.11. The first kappa shape index (κ1) is 18.0. The maximum absolute atomic E-state index is 13.3. The van der Waals surface area contributed by atoms with Crippen LogP contribution in [0.1, 0.15) is 15.9 Å². The molecule has 0 amide bonds. The van der Waals surface area contributed by atoms with Gasteiger partial charge in [0.15, 0.2) is 0 Å². The molecule has 0 aliphatic carbocycles. The molecule has 0 spiro atoms. The standard InChI is InChI=1S/C14H7Cl2FN2O4S/c15-10-4-7(14(20)21)5-12(13(10)16)24(22,23)19-9-1-2-11(17)8(3-9)6-18/h1-5,19H,(H,20,21). The van der Waals surface area contributed by atoms with Crippen LogP contribution >= 0.6 is 23.2 Å². The minimum atomic E-state index is -4.32. The Balaban J connectivity index is 2.52. The van der Waals surface area contributed by atoms with Crippen molar-refractivity contribution in [2.45, 2.75) is 4.90 Å². The number of carboxylic acids is 1. The number of sulfonamides is 1. The fourth-order valence-corrected chi connectivity index (χ4v) is 3.63. The fourth-order valence-electron chi connectivity index (χ4n) is 1.77. The highest BCUT2D eigenvalue weighted by Crippen LogP contribution is 2.32. The predicted octanol–water partition coefficient (Wildman–Crippen LogP) is 3.50. The first-order valence-corrected chi connectivity index (χ1v) is 8.34. The lowest BCUT2D eigenvalue weighted by atomic mass is 10.2. The number of rotatable bonds is 4. The average Bonchev–Trinajstić information content (AvgIpc) is 2.51. The molecule has 0 bridgehead atoms. The highest BCUT2D eigenvalue weighted by atomic mass is 35.5. The van der Waals surface area contributed by atoms with Crippen LogP contribution in [0.4, 0.5) is 10.1 Å². The Morgan fingerprint density at radius 2 is 1.92 bits per heavy atom. The lowest BCUT2D eigenvalue weighted by Crippen LogP contribution is -2.15. The van der Waals surface area contributed by atoms with Crippen LogP contribution in [0.3, 0.4) is 0 Å². The summed E-state index contributed by atoms with van der Waals surface area (Å²) in [4.78, 5) is 10.5. The second kappa shape index (κ2) is 6.65. The number of nitrogens with one attached hydrogen (secondary N) is 1. The van der Waals surface area contributed by atoms with Crippen molar-refractivity contribution in [2.24, 2.45) is 0 Å². The Kier molecular flexibility index (Phi) is 4.99. The summed E-state index contributed by atoms with van der Waals surface area (Å²) in [6.45, 7) is 0. The summed E-state index contributed by atoms with van der Waals surface area (Å²) in [6.07, 6.45) is 0. The van der Waals surface area contributed by atoms with E-state index in [0.29, 0.717) is 0 Å². The van der Waals surface area contributed by atoms with E-state index in [9.17, 15) is 17.6 Å². The molecule has 0 unspecified atom stereocenters. The van der Waals surface area contributed by atoms with Crippen molar-refractivity contribution in [3.8, 4) is 6.07 Å². The average molecular weight is 389 g/mol. The normalized spacial score (nSPS) is 10.9. The second-order valence-corrected chi connectivity index (χ2v) is 6.92. The highest BCUT2D eigenvalue weighted by molar-refractivity contribution is 7.92. The lowest BCUT2D eigenvalue weighted by molar-refractivity contribution is 0.0696. The van der Waals surface area contributed by atoms with E-state index in [0.717, 1.165) is 30.3 Å². The van der Waals surface area contributed by atoms with E-state index < -0.39 is 26.7 Å². The first-order valence-electron chi connectivity index (χ1n) is 6.10. The summed E-state index contributed by atoms with van der Waals surface area (Å²) in [5.74, 6) is -2.20. The van der Waals surface area contributed by atoms with Crippen LogP contribution in [-0.2, 0) is 10.0 Å². The second-order valence-electron chi connectivity index (χ2n) is 4.49. The molecule has 124 valence electrons. The Morgan fingerprint density at radius 1 is 1.25 bits per heavy atom. The van der Waals surface area contributed by atoms with Crippen LogP contribution in [0.25, 0.3) is 0 Å². The molecule has 0 radical (unpaired) electrons. The summed E-state index contributed by atoms with van der Waals surface area (Å²) in [6, 6.07) is 6.43. The van der Waals surface area contributed by atoms with Crippen LogP contribution in [0.2, 0.25) is 10.0 Å². The third-order valence-electron chi connectivity index (χ3n) is 2.87. The van der Waals surface area contributed by atoms with Gasteiger partial charge in [0.2, 0.25) is 0 Å². The largest absolute Gasteiger partial charge is 0.478 e. The summed E-state index contributed by atoms with van der Waals surface area (Å²) < 4.78 is 40.2.